The van der Waals surface area contributed by atoms with Gasteiger partial charge < -0.3 is 14.2 Å². The summed E-state index contributed by atoms with van der Waals surface area (Å²) >= 11 is 0. The van der Waals surface area contributed by atoms with E-state index in [0.717, 1.165) is 24.2 Å². The lowest BCUT2D eigenvalue weighted by Crippen LogP contribution is -2.42. The van der Waals surface area contributed by atoms with Gasteiger partial charge in [-0.15, -0.1) is 0 Å². The predicted molar refractivity (Wildman–Crippen MR) is 105 cm³/mol. The van der Waals surface area contributed by atoms with Crippen LogP contribution < -0.4 is 10.3 Å². The summed E-state index contributed by atoms with van der Waals surface area (Å²) in [5.74, 6) is 1.90. The molecule has 1 amide bonds. The van der Waals surface area contributed by atoms with Crippen molar-refractivity contribution in [2.45, 2.75) is 50.7 Å². The highest BCUT2D eigenvalue weighted by Crippen LogP contribution is 2.31. The number of carbonyl (C=O) groups is 1. The number of hydrogen-bond acceptors (Lipinski definition) is 6. The topological polar surface area (TPSA) is 90.5 Å². The molecule has 1 aromatic carbocycles. The number of hydrogen-bond donors (Lipinski definition) is 0. The maximum Gasteiger partial charge on any atom is 0.261 e. The van der Waals surface area contributed by atoms with Gasteiger partial charge in [-0.25, -0.2) is 4.98 Å². The minimum atomic E-state index is -0.0145. The predicted octanol–water partition coefficient (Wildman–Crippen LogP) is 1.94. The summed E-state index contributed by atoms with van der Waals surface area (Å²) in [7, 11) is 1.53. The number of benzene rings is 1. The molecule has 29 heavy (non-hydrogen) atoms. The highest BCUT2D eigenvalue weighted by Gasteiger charge is 2.40. The average Bonchev–Trinajstić information content (AvgIpc) is 3.31. The maximum atomic E-state index is 13.1. The fourth-order valence-corrected chi connectivity index (χ4v) is 4.59. The Morgan fingerprint density at radius 3 is 2.93 bits per heavy atom. The van der Waals surface area contributed by atoms with Gasteiger partial charge in [-0.05, 0) is 30.1 Å². The van der Waals surface area contributed by atoms with Crippen LogP contribution in [0.4, 0.5) is 0 Å². The lowest BCUT2D eigenvalue weighted by molar-refractivity contribution is -0.134. The Kier molecular flexibility index (Phi) is 4.34. The van der Waals surface area contributed by atoms with E-state index in [-0.39, 0.29) is 23.6 Å². The normalized spacial score (nSPS) is 20.5. The molecule has 0 aliphatic carbocycles. The fraction of sp³-hybridized carbons (Fsp3) is 0.429. The van der Waals surface area contributed by atoms with Crippen LogP contribution in [0.5, 0.6) is 5.88 Å². The molecule has 2 aromatic heterocycles. The molecular weight excluding hydrogens is 372 g/mol. The summed E-state index contributed by atoms with van der Waals surface area (Å²) in [5.41, 5.74) is 0.706. The molecule has 0 spiro atoms. The zero-order chi connectivity index (χ0) is 20.0. The third-order valence-electron chi connectivity index (χ3n) is 5.99. The Labute approximate surface area is 167 Å². The highest BCUT2D eigenvalue weighted by atomic mass is 16.5. The Balaban J connectivity index is 1.39. The Morgan fingerprint density at radius 2 is 2.10 bits per heavy atom. The molecule has 150 valence electrons. The van der Waals surface area contributed by atoms with Crippen LogP contribution in [0.3, 0.4) is 0 Å². The lowest BCUT2D eigenvalue weighted by atomic mass is 10.1. The van der Waals surface area contributed by atoms with Crippen molar-refractivity contribution in [3.05, 3.63) is 52.3 Å². The average molecular weight is 394 g/mol. The first-order chi connectivity index (χ1) is 14.1. The van der Waals surface area contributed by atoms with E-state index in [4.69, 9.17) is 14.2 Å². The highest BCUT2D eigenvalue weighted by molar-refractivity contribution is 5.78. The van der Waals surface area contributed by atoms with Gasteiger partial charge in [-0.2, -0.15) is 0 Å². The Hall–Kier alpha value is -3.16. The molecule has 8 heteroatoms. The second kappa shape index (κ2) is 7.02. The number of para-hydroxylation sites is 1. The van der Waals surface area contributed by atoms with E-state index in [2.05, 4.69) is 5.16 Å². The van der Waals surface area contributed by atoms with Crippen LogP contribution in [0.15, 0.2) is 39.6 Å². The molecule has 1 saturated heterocycles. The standard InChI is InChI=1S/C21H22N4O4/c1-28-19-11-15(29-23-19)8-9-20(26)25-13-6-7-14(25)12-24-18(10-13)22-17-5-3-2-4-16(17)21(24)27/h2-5,11,13-14H,6-10,12H2,1H3. The van der Waals surface area contributed by atoms with Crippen molar-refractivity contribution >= 4 is 16.8 Å². The number of aryl methyl sites for hydroxylation is 1. The zero-order valence-corrected chi connectivity index (χ0v) is 16.2. The molecular formula is C21H22N4O4. The van der Waals surface area contributed by atoms with Gasteiger partial charge in [0.25, 0.3) is 11.4 Å². The number of fused-ring (bicyclic) bond motifs is 4. The van der Waals surface area contributed by atoms with E-state index in [0.29, 0.717) is 42.8 Å². The van der Waals surface area contributed by atoms with Crippen molar-refractivity contribution in [2.75, 3.05) is 7.11 Å². The Morgan fingerprint density at radius 1 is 1.28 bits per heavy atom. The van der Waals surface area contributed by atoms with Gasteiger partial charge in [-0.3, -0.25) is 14.2 Å². The van der Waals surface area contributed by atoms with Crippen LogP contribution in [-0.2, 0) is 24.2 Å². The summed E-state index contributed by atoms with van der Waals surface area (Å²) in [5, 5.41) is 4.41. The third kappa shape index (κ3) is 3.08. The molecule has 0 radical (unpaired) electrons. The number of ether oxygens (including phenoxy) is 1. The zero-order valence-electron chi connectivity index (χ0n) is 16.2. The summed E-state index contributed by atoms with van der Waals surface area (Å²) in [6.07, 6.45) is 3.27. The minimum absolute atomic E-state index is 0.0145. The van der Waals surface area contributed by atoms with Gasteiger partial charge in [0.15, 0.2) is 0 Å². The molecule has 2 bridgehead atoms. The van der Waals surface area contributed by atoms with E-state index in [9.17, 15) is 9.59 Å². The molecule has 2 atom stereocenters. The van der Waals surface area contributed by atoms with Crippen molar-refractivity contribution in [1.82, 2.24) is 19.6 Å². The molecule has 0 saturated carbocycles. The largest absolute Gasteiger partial charge is 0.479 e. The van der Waals surface area contributed by atoms with Crippen LogP contribution in [-0.4, -0.2) is 44.7 Å². The monoisotopic (exact) mass is 394 g/mol. The van der Waals surface area contributed by atoms with Gasteiger partial charge in [0.05, 0.1) is 24.1 Å². The lowest BCUT2D eigenvalue weighted by Gasteiger charge is -2.27. The van der Waals surface area contributed by atoms with Crippen LogP contribution in [0.1, 0.15) is 30.8 Å². The first-order valence-corrected chi connectivity index (χ1v) is 9.93. The van der Waals surface area contributed by atoms with E-state index in [1.54, 1.807) is 10.6 Å². The number of rotatable bonds is 4. The molecule has 8 nitrogen and oxygen atoms in total. The van der Waals surface area contributed by atoms with Gasteiger partial charge in [0.2, 0.25) is 5.91 Å². The minimum Gasteiger partial charge on any atom is -0.479 e. The molecule has 1 fully saturated rings. The summed E-state index contributed by atoms with van der Waals surface area (Å²) < 4.78 is 12.0. The number of carbonyl (C=O) groups excluding carboxylic acids is 1. The van der Waals surface area contributed by atoms with E-state index in [1.807, 2.05) is 29.2 Å². The molecule has 2 unspecified atom stereocenters. The first kappa shape index (κ1) is 17.9. The van der Waals surface area contributed by atoms with Gasteiger partial charge in [0, 0.05) is 37.9 Å². The molecule has 3 aromatic rings. The number of methoxy groups -OCH3 is 1. The van der Waals surface area contributed by atoms with Gasteiger partial charge in [0.1, 0.15) is 11.6 Å². The molecule has 2 aliphatic heterocycles. The number of nitrogens with zero attached hydrogens (tertiary/aromatic N) is 4. The van der Waals surface area contributed by atoms with E-state index < -0.39 is 0 Å². The Bertz CT molecular complexity index is 1140. The van der Waals surface area contributed by atoms with E-state index in [1.165, 1.54) is 7.11 Å². The third-order valence-corrected chi connectivity index (χ3v) is 5.99. The van der Waals surface area contributed by atoms with Crippen molar-refractivity contribution < 1.29 is 14.1 Å². The van der Waals surface area contributed by atoms with Crippen LogP contribution in [0.25, 0.3) is 10.9 Å². The molecule has 2 aliphatic rings. The van der Waals surface area contributed by atoms with E-state index >= 15 is 0 Å². The SMILES string of the molecule is COc1cc(CCC(=O)N2C3CCC2Cn2c(nc4ccccc4c2=O)C3)on1. The van der Waals surface area contributed by atoms with Crippen molar-refractivity contribution in [1.29, 1.82) is 0 Å². The second-order valence-electron chi connectivity index (χ2n) is 7.69. The van der Waals surface area contributed by atoms with Crippen molar-refractivity contribution in [3.63, 3.8) is 0 Å². The second-order valence-corrected chi connectivity index (χ2v) is 7.69. The van der Waals surface area contributed by atoms with Crippen molar-refractivity contribution in [3.8, 4) is 5.88 Å². The summed E-state index contributed by atoms with van der Waals surface area (Å²) in [6.45, 7) is 0.504. The fourth-order valence-electron chi connectivity index (χ4n) is 4.59. The number of aromatic nitrogens is 3. The van der Waals surface area contributed by atoms with Crippen LogP contribution in [0.2, 0.25) is 0 Å². The molecule has 0 N–H and O–H groups in total. The van der Waals surface area contributed by atoms with Gasteiger partial charge >= 0.3 is 0 Å². The summed E-state index contributed by atoms with van der Waals surface area (Å²) in [6, 6.07) is 9.25. The van der Waals surface area contributed by atoms with Gasteiger partial charge in [-0.1, -0.05) is 12.1 Å². The molecule has 5 rings (SSSR count). The first-order valence-electron chi connectivity index (χ1n) is 9.93. The van der Waals surface area contributed by atoms with Crippen LogP contribution in [0, 0.1) is 0 Å². The van der Waals surface area contributed by atoms with Crippen molar-refractivity contribution in [2.24, 2.45) is 0 Å². The maximum absolute atomic E-state index is 13.1. The summed E-state index contributed by atoms with van der Waals surface area (Å²) in [4.78, 5) is 32.8. The smallest absolute Gasteiger partial charge is 0.261 e. The quantitative estimate of drug-likeness (QED) is 0.672. The number of amides is 1. The van der Waals surface area contributed by atoms with Crippen LogP contribution >= 0.6 is 0 Å². The molecule has 4 heterocycles.